The molecule has 1 aliphatic rings. The highest BCUT2D eigenvalue weighted by Crippen LogP contribution is 2.11. The van der Waals surface area contributed by atoms with Gasteiger partial charge in [-0.15, -0.1) is 0 Å². The molecule has 0 spiro atoms. The van der Waals surface area contributed by atoms with Crippen molar-refractivity contribution in [1.82, 2.24) is 9.88 Å². The molecule has 100 valence electrons. The van der Waals surface area contributed by atoms with Gasteiger partial charge in [0.1, 0.15) is 5.82 Å². The molecule has 0 bridgehead atoms. The van der Waals surface area contributed by atoms with Crippen LogP contribution in [0, 0.1) is 0 Å². The lowest BCUT2D eigenvalue weighted by Crippen LogP contribution is -2.39. The third kappa shape index (κ3) is 4.16. The predicted molar refractivity (Wildman–Crippen MR) is 71.2 cm³/mol. The molecule has 0 unspecified atom stereocenters. The van der Waals surface area contributed by atoms with E-state index < -0.39 is 0 Å². The van der Waals surface area contributed by atoms with Gasteiger partial charge in [-0.2, -0.15) is 4.98 Å². The zero-order valence-electron chi connectivity index (χ0n) is 10.9. The van der Waals surface area contributed by atoms with Crippen molar-refractivity contribution in [2.45, 2.75) is 6.92 Å². The first-order chi connectivity index (χ1) is 8.88. The summed E-state index contributed by atoms with van der Waals surface area (Å²) in [5.74, 6) is 1.54. The molecule has 1 aromatic rings. The highest BCUT2D eigenvalue weighted by molar-refractivity contribution is 5.36. The van der Waals surface area contributed by atoms with Crippen molar-refractivity contribution < 1.29 is 9.47 Å². The van der Waals surface area contributed by atoms with E-state index in [0.717, 1.165) is 45.2 Å². The van der Waals surface area contributed by atoms with Crippen LogP contribution in [0.3, 0.4) is 0 Å². The van der Waals surface area contributed by atoms with E-state index in [0.29, 0.717) is 12.5 Å². The van der Waals surface area contributed by atoms with Gasteiger partial charge in [0.15, 0.2) is 0 Å². The Labute approximate surface area is 108 Å². The highest BCUT2D eigenvalue weighted by Gasteiger charge is 2.09. The van der Waals surface area contributed by atoms with E-state index in [1.165, 1.54) is 0 Å². The van der Waals surface area contributed by atoms with E-state index in [1.54, 1.807) is 0 Å². The van der Waals surface area contributed by atoms with Crippen LogP contribution in [0.4, 0.5) is 5.82 Å². The van der Waals surface area contributed by atoms with E-state index in [-0.39, 0.29) is 0 Å². The number of aromatic nitrogens is 1. The van der Waals surface area contributed by atoms with Crippen molar-refractivity contribution in [3.8, 4) is 5.88 Å². The lowest BCUT2D eigenvalue weighted by atomic mass is 10.4. The van der Waals surface area contributed by atoms with Gasteiger partial charge in [-0.1, -0.05) is 6.07 Å². The number of pyridine rings is 1. The predicted octanol–water partition coefficient (Wildman–Crippen LogP) is 1.22. The maximum absolute atomic E-state index is 5.36. The molecule has 1 N–H and O–H groups in total. The standard InChI is InChI=1S/C13H21N3O2/c1-2-18-13-5-3-4-12(15-13)14-6-7-16-8-10-17-11-9-16/h3-5H,2,6-11H2,1H3,(H,14,15). The van der Waals surface area contributed by atoms with Gasteiger partial charge in [0.2, 0.25) is 5.88 Å². The summed E-state index contributed by atoms with van der Waals surface area (Å²) in [7, 11) is 0. The van der Waals surface area contributed by atoms with Crippen LogP contribution in [-0.4, -0.2) is 55.9 Å². The highest BCUT2D eigenvalue weighted by atomic mass is 16.5. The Kier molecular flexibility index (Phi) is 5.23. The molecule has 0 saturated carbocycles. The normalized spacial score (nSPS) is 16.5. The van der Waals surface area contributed by atoms with Crippen molar-refractivity contribution in [3.05, 3.63) is 18.2 Å². The molecule has 1 saturated heterocycles. The van der Waals surface area contributed by atoms with E-state index >= 15 is 0 Å². The van der Waals surface area contributed by atoms with Crippen LogP contribution >= 0.6 is 0 Å². The first-order valence-electron chi connectivity index (χ1n) is 6.52. The minimum atomic E-state index is 0.643. The molecule has 5 nitrogen and oxygen atoms in total. The molecule has 5 heteroatoms. The molecular formula is C13H21N3O2. The van der Waals surface area contributed by atoms with Gasteiger partial charge in [0.25, 0.3) is 0 Å². The van der Waals surface area contributed by atoms with Crippen LogP contribution in [0.5, 0.6) is 5.88 Å². The third-order valence-corrected chi connectivity index (χ3v) is 2.85. The molecular weight excluding hydrogens is 230 g/mol. The topological polar surface area (TPSA) is 46.6 Å². The summed E-state index contributed by atoms with van der Waals surface area (Å²) >= 11 is 0. The number of hydrogen-bond donors (Lipinski definition) is 1. The van der Waals surface area contributed by atoms with Crippen LogP contribution in [0.2, 0.25) is 0 Å². The molecule has 1 aliphatic heterocycles. The van der Waals surface area contributed by atoms with Gasteiger partial charge in [-0.25, -0.2) is 0 Å². The largest absolute Gasteiger partial charge is 0.478 e. The maximum Gasteiger partial charge on any atom is 0.215 e. The molecule has 18 heavy (non-hydrogen) atoms. The summed E-state index contributed by atoms with van der Waals surface area (Å²) in [6, 6.07) is 5.79. The number of hydrogen-bond acceptors (Lipinski definition) is 5. The summed E-state index contributed by atoms with van der Waals surface area (Å²) in [6.45, 7) is 8.25. The number of rotatable bonds is 6. The van der Waals surface area contributed by atoms with E-state index in [4.69, 9.17) is 9.47 Å². The first kappa shape index (κ1) is 13.1. The molecule has 1 fully saturated rings. The Morgan fingerprint density at radius 1 is 1.39 bits per heavy atom. The summed E-state index contributed by atoms with van der Waals surface area (Å²) in [6.07, 6.45) is 0. The number of anilines is 1. The van der Waals surface area contributed by atoms with Gasteiger partial charge in [-0.3, -0.25) is 4.90 Å². The summed E-state index contributed by atoms with van der Waals surface area (Å²) < 4.78 is 10.7. The lowest BCUT2D eigenvalue weighted by Gasteiger charge is -2.26. The van der Waals surface area contributed by atoms with Crippen LogP contribution in [0.25, 0.3) is 0 Å². The Morgan fingerprint density at radius 2 is 2.22 bits per heavy atom. The van der Waals surface area contributed by atoms with Crippen molar-refractivity contribution in [2.75, 3.05) is 51.3 Å². The summed E-state index contributed by atoms with van der Waals surface area (Å²) in [5, 5.41) is 3.32. The number of nitrogens with zero attached hydrogens (tertiary/aromatic N) is 2. The van der Waals surface area contributed by atoms with Gasteiger partial charge in [0.05, 0.1) is 19.8 Å². The van der Waals surface area contributed by atoms with Crippen molar-refractivity contribution in [3.63, 3.8) is 0 Å². The Balaban J connectivity index is 1.73. The van der Waals surface area contributed by atoms with Gasteiger partial charge in [0, 0.05) is 32.2 Å². The van der Waals surface area contributed by atoms with Crippen LogP contribution in [0.15, 0.2) is 18.2 Å². The Hall–Kier alpha value is -1.33. The zero-order valence-corrected chi connectivity index (χ0v) is 10.9. The number of ether oxygens (including phenoxy) is 2. The monoisotopic (exact) mass is 251 g/mol. The smallest absolute Gasteiger partial charge is 0.215 e. The number of morpholine rings is 1. The second kappa shape index (κ2) is 7.18. The molecule has 0 aromatic carbocycles. The molecule has 2 heterocycles. The average molecular weight is 251 g/mol. The SMILES string of the molecule is CCOc1cccc(NCCN2CCOCC2)n1. The summed E-state index contributed by atoms with van der Waals surface area (Å²) in [4.78, 5) is 6.76. The second-order valence-corrected chi connectivity index (χ2v) is 4.17. The van der Waals surface area contributed by atoms with E-state index in [2.05, 4.69) is 15.2 Å². The first-order valence-corrected chi connectivity index (χ1v) is 6.52. The Bertz CT molecular complexity index is 354. The second-order valence-electron chi connectivity index (χ2n) is 4.17. The van der Waals surface area contributed by atoms with Gasteiger partial charge in [-0.05, 0) is 13.0 Å². The Morgan fingerprint density at radius 3 is 3.00 bits per heavy atom. The fourth-order valence-electron chi connectivity index (χ4n) is 1.91. The zero-order chi connectivity index (χ0) is 12.6. The van der Waals surface area contributed by atoms with Crippen LogP contribution in [0.1, 0.15) is 6.92 Å². The lowest BCUT2D eigenvalue weighted by molar-refractivity contribution is 0.0398. The quantitative estimate of drug-likeness (QED) is 0.824. The van der Waals surface area contributed by atoms with Gasteiger partial charge >= 0.3 is 0 Å². The molecule has 1 aromatic heterocycles. The summed E-state index contributed by atoms with van der Waals surface area (Å²) in [5.41, 5.74) is 0. The van der Waals surface area contributed by atoms with Crippen LogP contribution in [-0.2, 0) is 4.74 Å². The fourth-order valence-corrected chi connectivity index (χ4v) is 1.91. The minimum Gasteiger partial charge on any atom is -0.478 e. The third-order valence-electron chi connectivity index (χ3n) is 2.85. The molecule has 0 aliphatic carbocycles. The average Bonchev–Trinajstić information content (AvgIpc) is 2.41. The van der Waals surface area contributed by atoms with E-state index in [9.17, 15) is 0 Å². The van der Waals surface area contributed by atoms with Gasteiger partial charge < -0.3 is 14.8 Å². The van der Waals surface area contributed by atoms with Crippen molar-refractivity contribution in [2.24, 2.45) is 0 Å². The number of nitrogens with one attached hydrogen (secondary N) is 1. The minimum absolute atomic E-state index is 0.643. The van der Waals surface area contributed by atoms with Crippen molar-refractivity contribution in [1.29, 1.82) is 0 Å². The molecule has 2 rings (SSSR count). The molecule has 0 atom stereocenters. The molecule has 0 radical (unpaired) electrons. The van der Waals surface area contributed by atoms with Crippen molar-refractivity contribution >= 4 is 5.82 Å². The maximum atomic E-state index is 5.36. The molecule has 0 amide bonds. The van der Waals surface area contributed by atoms with Crippen LogP contribution < -0.4 is 10.1 Å². The van der Waals surface area contributed by atoms with E-state index in [1.807, 2.05) is 25.1 Å². The fraction of sp³-hybridized carbons (Fsp3) is 0.615.